The Balaban J connectivity index is 3.43. The Morgan fingerprint density at radius 1 is 1.36 bits per heavy atom. The third kappa shape index (κ3) is 6.28. The standard InChI is InChI=1S/C8H20N2O/c1-7(6-11)4-10(3)5-8(2)9/h7-8,11H,4-6,9H2,1-3H3. The van der Waals surface area contributed by atoms with Gasteiger partial charge in [0.1, 0.15) is 0 Å². The summed E-state index contributed by atoms with van der Waals surface area (Å²) >= 11 is 0. The number of hydrogen-bond donors (Lipinski definition) is 2. The van der Waals surface area contributed by atoms with Gasteiger partial charge in [-0.2, -0.15) is 0 Å². The maximum Gasteiger partial charge on any atom is 0.0468 e. The average Bonchev–Trinajstić information content (AvgIpc) is 1.85. The molecule has 2 unspecified atom stereocenters. The average molecular weight is 160 g/mol. The molecular formula is C8H20N2O. The molecule has 0 aliphatic carbocycles. The second-order valence-electron chi connectivity index (χ2n) is 3.49. The van der Waals surface area contributed by atoms with Gasteiger partial charge >= 0.3 is 0 Å². The monoisotopic (exact) mass is 160 g/mol. The van der Waals surface area contributed by atoms with Gasteiger partial charge < -0.3 is 15.7 Å². The topological polar surface area (TPSA) is 49.5 Å². The van der Waals surface area contributed by atoms with Crippen molar-refractivity contribution in [1.82, 2.24) is 4.90 Å². The number of likely N-dealkylation sites (N-methyl/N-ethyl adjacent to an activating group) is 1. The molecule has 3 heteroatoms. The Hall–Kier alpha value is -0.120. The quantitative estimate of drug-likeness (QED) is 0.590. The molecule has 0 aliphatic rings. The molecule has 3 N–H and O–H groups in total. The zero-order valence-electron chi connectivity index (χ0n) is 7.75. The van der Waals surface area contributed by atoms with E-state index in [2.05, 4.69) is 4.90 Å². The van der Waals surface area contributed by atoms with Crippen LogP contribution in [0.3, 0.4) is 0 Å². The molecule has 0 aromatic rings. The Morgan fingerprint density at radius 3 is 2.27 bits per heavy atom. The molecule has 0 saturated heterocycles. The summed E-state index contributed by atoms with van der Waals surface area (Å²) in [4.78, 5) is 2.14. The molecule has 2 atom stereocenters. The van der Waals surface area contributed by atoms with Crippen LogP contribution in [-0.2, 0) is 0 Å². The van der Waals surface area contributed by atoms with Crippen LogP contribution in [0.15, 0.2) is 0 Å². The van der Waals surface area contributed by atoms with Crippen LogP contribution >= 0.6 is 0 Å². The van der Waals surface area contributed by atoms with Gasteiger partial charge in [0.2, 0.25) is 0 Å². The highest BCUT2D eigenvalue weighted by molar-refractivity contribution is 4.62. The smallest absolute Gasteiger partial charge is 0.0468 e. The van der Waals surface area contributed by atoms with E-state index >= 15 is 0 Å². The van der Waals surface area contributed by atoms with Crippen molar-refractivity contribution in [1.29, 1.82) is 0 Å². The zero-order valence-corrected chi connectivity index (χ0v) is 7.75. The summed E-state index contributed by atoms with van der Waals surface area (Å²) < 4.78 is 0. The van der Waals surface area contributed by atoms with Crippen molar-refractivity contribution in [2.24, 2.45) is 11.7 Å². The largest absolute Gasteiger partial charge is 0.396 e. The normalized spacial score (nSPS) is 16.9. The van der Waals surface area contributed by atoms with E-state index in [-0.39, 0.29) is 12.6 Å². The fourth-order valence-corrected chi connectivity index (χ4v) is 1.16. The number of hydrogen-bond acceptors (Lipinski definition) is 3. The van der Waals surface area contributed by atoms with Gasteiger partial charge in [0.05, 0.1) is 0 Å². The predicted octanol–water partition coefficient (Wildman–Crippen LogP) is -0.106. The van der Waals surface area contributed by atoms with Crippen LogP contribution in [-0.4, -0.2) is 42.8 Å². The molecule has 0 aromatic carbocycles. The van der Waals surface area contributed by atoms with Crippen LogP contribution in [0.4, 0.5) is 0 Å². The van der Waals surface area contributed by atoms with E-state index in [0.29, 0.717) is 5.92 Å². The molecule has 11 heavy (non-hydrogen) atoms. The highest BCUT2D eigenvalue weighted by atomic mass is 16.3. The van der Waals surface area contributed by atoms with E-state index in [0.717, 1.165) is 13.1 Å². The highest BCUT2D eigenvalue weighted by Gasteiger charge is 2.05. The molecule has 3 nitrogen and oxygen atoms in total. The first-order chi connectivity index (χ1) is 5.06. The number of aliphatic hydroxyl groups is 1. The lowest BCUT2D eigenvalue weighted by Gasteiger charge is -2.21. The summed E-state index contributed by atoms with van der Waals surface area (Å²) in [6.45, 7) is 6.07. The Labute approximate surface area is 69.2 Å². The molecule has 0 spiro atoms. The fraction of sp³-hybridized carbons (Fsp3) is 1.00. The third-order valence-corrected chi connectivity index (χ3v) is 1.53. The van der Waals surface area contributed by atoms with Crippen molar-refractivity contribution >= 4 is 0 Å². The van der Waals surface area contributed by atoms with Crippen molar-refractivity contribution in [3.05, 3.63) is 0 Å². The van der Waals surface area contributed by atoms with Crippen molar-refractivity contribution in [3.8, 4) is 0 Å². The minimum atomic E-state index is 0.214. The van der Waals surface area contributed by atoms with Crippen molar-refractivity contribution in [3.63, 3.8) is 0 Å². The SMILES string of the molecule is CC(N)CN(C)CC(C)CO. The van der Waals surface area contributed by atoms with Gasteiger partial charge in [-0.3, -0.25) is 0 Å². The molecule has 0 fully saturated rings. The van der Waals surface area contributed by atoms with Crippen LogP contribution in [0.1, 0.15) is 13.8 Å². The van der Waals surface area contributed by atoms with Gasteiger partial charge in [0, 0.05) is 25.7 Å². The van der Waals surface area contributed by atoms with Crippen LogP contribution in [0.25, 0.3) is 0 Å². The summed E-state index contributed by atoms with van der Waals surface area (Å²) in [5.74, 6) is 0.346. The van der Waals surface area contributed by atoms with Gasteiger partial charge in [-0.05, 0) is 19.9 Å². The lowest BCUT2D eigenvalue weighted by atomic mass is 10.2. The van der Waals surface area contributed by atoms with Gasteiger partial charge in [0.25, 0.3) is 0 Å². The lowest BCUT2D eigenvalue weighted by molar-refractivity contribution is 0.188. The summed E-state index contributed by atoms with van der Waals surface area (Å²) in [6, 6.07) is 0.214. The third-order valence-electron chi connectivity index (χ3n) is 1.53. The molecule has 0 radical (unpaired) electrons. The van der Waals surface area contributed by atoms with E-state index in [1.807, 2.05) is 20.9 Å². The van der Waals surface area contributed by atoms with Gasteiger partial charge in [-0.25, -0.2) is 0 Å². The maximum atomic E-state index is 8.76. The molecule has 0 amide bonds. The van der Waals surface area contributed by atoms with Crippen LogP contribution in [0.2, 0.25) is 0 Å². The number of rotatable bonds is 5. The number of nitrogens with two attached hydrogens (primary N) is 1. The molecule has 68 valence electrons. The molecule has 0 rings (SSSR count). The second kappa shape index (κ2) is 5.52. The Morgan fingerprint density at radius 2 is 1.91 bits per heavy atom. The van der Waals surface area contributed by atoms with E-state index in [1.54, 1.807) is 0 Å². The zero-order chi connectivity index (χ0) is 8.85. The molecule has 0 heterocycles. The first-order valence-electron chi connectivity index (χ1n) is 4.11. The first-order valence-corrected chi connectivity index (χ1v) is 4.11. The van der Waals surface area contributed by atoms with Crippen LogP contribution < -0.4 is 5.73 Å². The Bertz CT molecular complexity index is 96.1. The first kappa shape index (κ1) is 10.9. The van der Waals surface area contributed by atoms with Crippen LogP contribution in [0.5, 0.6) is 0 Å². The van der Waals surface area contributed by atoms with Crippen molar-refractivity contribution in [2.45, 2.75) is 19.9 Å². The summed E-state index contributed by atoms with van der Waals surface area (Å²) in [7, 11) is 2.02. The molecule has 0 aliphatic heterocycles. The summed E-state index contributed by atoms with van der Waals surface area (Å²) in [5.41, 5.74) is 5.61. The molecule has 0 saturated carbocycles. The predicted molar refractivity (Wildman–Crippen MR) is 47.4 cm³/mol. The van der Waals surface area contributed by atoms with Gasteiger partial charge in [-0.15, -0.1) is 0 Å². The van der Waals surface area contributed by atoms with E-state index in [9.17, 15) is 0 Å². The van der Waals surface area contributed by atoms with Crippen molar-refractivity contribution < 1.29 is 5.11 Å². The van der Waals surface area contributed by atoms with E-state index in [4.69, 9.17) is 10.8 Å². The minimum absolute atomic E-state index is 0.214. The number of nitrogens with zero attached hydrogens (tertiary/aromatic N) is 1. The highest BCUT2D eigenvalue weighted by Crippen LogP contribution is 1.96. The minimum Gasteiger partial charge on any atom is -0.396 e. The van der Waals surface area contributed by atoms with E-state index in [1.165, 1.54) is 0 Å². The van der Waals surface area contributed by atoms with Gasteiger partial charge in [-0.1, -0.05) is 6.92 Å². The second-order valence-corrected chi connectivity index (χ2v) is 3.49. The summed E-state index contributed by atoms with van der Waals surface area (Å²) in [5, 5.41) is 8.76. The lowest BCUT2D eigenvalue weighted by Crippen LogP contribution is -2.35. The maximum absolute atomic E-state index is 8.76. The van der Waals surface area contributed by atoms with Crippen molar-refractivity contribution in [2.75, 3.05) is 26.7 Å². The molecule has 0 bridgehead atoms. The Kier molecular flexibility index (Phi) is 5.46. The summed E-state index contributed by atoms with van der Waals surface area (Å²) in [6.07, 6.45) is 0. The molecular weight excluding hydrogens is 140 g/mol. The van der Waals surface area contributed by atoms with Crippen LogP contribution in [0, 0.1) is 5.92 Å². The van der Waals surface area contributed by atoms with Gasteiger partial charge in [0.15, 0.2) is 0 Å². The van der Waals surface area contributed by atoms with E-state index < -0.39 is 0 Å². The fourth-order valence-electron chi connectivity index (χ4n) is 1.16. The molecule has 0 aromatic heterocycles. The number of aliphatic hydroxyl groups excluding tert-OH is 1.